The van der Waals surface area contributed by atoms with Gasteiger partial charge in [0, 0.05) is 18.7 Å². The van der Waals surface area contributed by atoms with Crippen LogP contribution in [0.5, 0.6) is 5.75 Å². The third-order valence-corrected chi connectivity index (χ3v) is 5.29. The molecule has 0 bridgehead atoms. The molecule has 5 nitrogen and oxygen atoms in total. The molecule has 0 aliphatic carbocycles. The van der Waals surface area contributed by atoms with Gasteiger partial charge in [0.25, 0.3) is 5.91 Å². The zero-order chi connectivity index (χ0) is 18.7. The van der Waals surface area contributed by atoms with Crippen LogP contribution in [0.25, 0.3) is 0 Å². The fraction of sp³-hybridized carbons (Fsp3) is 0.222. The van der Waals surface area contributed by atoms with E-state index in [0.717, 1.165) is 25.9 Å². The third-order valence-electron chi connectivity index (χ3n) is 4.08. The number of amides is 1. The van der Waals surface area contributed by atoms with Crippen LogP contribution in [-0.4, -0.2) is 30.3 Å². The number of halogens is 3. The molecule has 0 saturated carbocycles. The molecule has 8 heteroatoms. The predicted octanol–water partition coefficient (Wildman–Crippen LogP) is 4.42. The number of nitrogens with one attached hydrogen (secondary N) is 1. The zero-order valence-corrected chi connectivity index (χ0v) is 16.8. The van der Waals surface area contributed by atoms with Gasteiger partial charge in [-0.2, -0.15) is 5.10 Å². The number of nitrogens with zero attached hydrogens (tertiary/aromatic N) is 2. The Morgan fingerprint density at radius 2 is 1.85 bits per heavy atom. The van der Waals surface area contributed by atoms with E-state index in [9.17, 15) is 14.3 Å². The van der Waals surface area contributed by atoms with Crippen LogP contribution in [0, 0.1) is 5.82 Å². The Labute approximate surface area is 167 Å². The molecular weight excluding hydrogens is 469 g/mol. The Morgan fingerprint density at radius 3 is 2.46 bits per heavy atom. The maximum atomic E-state index is 14.3. The van der Waals surface area contributed by atoms with Crippen LogP contribution in [0.2, 0.25) is 0 Å². The monoisotopic (exact) mass is 483 g/mol. The minimum atomic E-state index is -0.447. The van der Waals surface area contributed by atoms with Crippen LogP contribution in [0.15, 0.2) is 44.4 Å². The largest absolute Gasteiger partial charge is 0.506 e. The topological polar surface area (TPSA) is 64.9 Å². The number of hydrogen-bond donors (Lipinski definition) is 2. The van der Waals surface area contributed by atoms with Crippen molar-refractivity contribution < 1.29 is 14.3 Å². The highest BCUT2D eigenvalue weighted by Crippen LogP contribution is 2.33. The smallest absolute Gasteiger partial charge is 0.271 e. The Balaban J connectivity index is 1.66. The van der Waals surface area contributed by atoms with Crippen molar-refractivity contribution in [2.45, 2.75) is 12.8 Å². The van der Waals surface area contributed by atoms with Gasteiger partial charge in [-0.1, -0.05) is 6.07 Å². The van der Waals surface area contributed by atoms with E-state index in [2.05, 4.69) is 42.4 Å². The van der Waals surface area contributed by atoms with E-state index in [1.165, 1.54) is 24.4 Å². The molecule has 1 aliphatic rings. The number of rotatable bonds is 4. The van der Waals surface area contributed by atoms with Gasteiger partial charge in [0.05, 0.1) is 20.8 Å². The average Bonchev–Trinajstić information content (AvgIpc) is 3.13. The lowest BCUT2D eigenvalue weighted by Crippen LogP contribution is -2.19. The first-order chi connectivity index (χ1) is 12.5. The first-order valence-corrected chi connectivity index (χ1v) is 9.60. The molecule has 0 atom stereocenters. The predicted molar refractivity (Wildman–Crippen MR) is 106 cm³/mol. The molecule has 0 radical (unpaired) electrons. The van der Waals surface area contributed by atoms with Gasteiger partial charge >= 0.3 is 0 Å². The molecule has 1 saturated heterocycles. The molecule has 2 aromatic rings. The summed E-state index contributed by atoms with van der Waals surface area (Å²) < 4.78 is 15.0. The first kappa shape index (κ1) is 18.8. The van der Waals surface area contributed by atoms with Gasteiger partial charge in [-0.25, -0.2) is 9.82 Å². The molecule has 1 fully saturated rings. The quantitative estimate of drug-likeness (QED) is 0.498. The van der Waals surface area contributed by atoms with E-state index in [4.69, 9.17) is 0 Å². The van der Waals surface area contributed by atoms with Crippen LogP contribution in [0.1, 0.15) is 28.8 Å². The van der Waals surface area contributed by atoms with Gasteiger partial charge in [0.15, 0.2) is 0 Å². The van der Waals surface area contributed by atoms with Crippen molar-refractivity contribution in [1.29, 1.82) is 0 Å². The van der Waals surface area contributed by atoms with Crippen molar-refractivity contribution in [2.24, 2.45) is 5.10 Å². The van der Waals surface area contributed by atoms with E-state index in [-0.39, 0.29) is 11.6 Å². The first-order valence-electron chi connectivity index (χ1n) is 8.01. The van der Waals surface area contributed by atoms with E-state index in [1.807, 2.05) is 4.90 Å². The highest BCUT2D eigenvalue weighted by atomic mass is 79.9. The van der Waals surface area contributed by atoms with Crippen LogP contribution in [0.4, 0.5) is 10.1 Å². The molecular formula is C18H16Br2FN3O2. The summed E-state index contributed by atoms with van der Waals surface area (Å²) in [5, 5.41) is 13.5. The molecule has 3 rings (SSSR count). The maximum absolute atomic E-state index is 14.3. The normalized spacial score (nSPS) is 14.2. The van der Waals surface area contributed by atoms with Gasteiger partial charge in [-0.3, -0.25) is 4.79 Å². The minimum absolute atomic E-state index is 0.0126. The van der Waals surface area contributed by atoms with Crippen molar-refractivity contribution in [2.75, 3.05) is 18.0 Å². The molecule has 136 valence electrons. The summed E-state index contributed by atoms with van der Waals surface area (Å²) in [5.41, 5.74) is 3.85. The summed E-state index contributed by atoms with van der Waals surface area (Å²) in [6.07, 6.45) is 3.55. The fourth-order valence-electron chi connectivity index (χ4n) is 2.74. The van der Waals surface area contributed by atoms with Gasteiger partial charge in [-0.15, -0.1) is 0 Å². The maximum Gasteiger partial charge on any atom is 0.271 e. The van der Waals surface area contributed by atoms with E-state index >= 15 is 0 Å². The van der Waals surface area contributed by atoms with Gasteiger partial charge in [0.1, 0.15) is 11.6 Å². The number of phenols is 1. The highest BCUT2D eigenvalue weighted by molar-refractivity contribution is 9.11. The van der Waals surface area contributed by atoms with Crippen LogP contribution in [-0.2, 0) is 0 Å². The summed E-state index contributed by atoms with van der Waals surface area (Å²) >= 11 is 6.34. The lowest BCUT2D eigenvalue weighted by Gasteiger charge is -2.18. The van der Waals surface area contributed by atoms with Crippen molar-refractivity contribution in [3.8, 4) is 5.75 Å². The number of anilines is 1. The second-order valence-electron chi connectivity index (χ2n) is 5.89. The Kier molecular flexibility index (Phi) is 5.93. The second-order valence-corrected chi connectivity index (χ2v) is 7.60. The number of carbonyl (C=O) groups excluding carboxylic acids is 1. The second kappa shape index (κ2) is 8.18. The molecule has 2 N–H and O–H groups in total. The van der Waals surface area contributed by atoms with Crippen LogP contribution in [0.3, 0.4) is 0 Å². The van der Waals surface area contributed by atoms with Crippen LogP contribution >= 0.6 is 31.9 Å². The summed E-state index contributed by atoms with van der Waals surface area (Å²) in [4.78, 5) is 14.1. The third kappa shape index (κ3) is 4.24. The number of carbonyl (C=O) groups is 1. The number of benzene rings is 2. The van der Waals surface area contributed by atoms with Crippen molar-refractivity contribution in [1.82, 2.24) is 5.43 Å². The summed E-state index contributed by atoms with van der Waals surface area (Å²) in [7, 11) is 0. The SMILES string of the molecule is O=C(N/N=C\c1ccc(N2CCCC2)c(F)c1)c1cc(Br)c(O)c(Br)c1. The highest BCUT2D eigenvalue weighted by Gasteiger charge is 2.16. The molecule has 0 unspecified atom stereocenters. The molecule has 2 aromatic carbocycles. The lowest BCUT2D eigenvalue weighted by atomic mass is 10.2. The Hall–Kier alpha value is -1.93. The molecule has 1 amide bonds. The van der Waals surface area contributed by atoms with Crippen molar-refractivity contribution in [3.05, 3.63) is 56.2 Å². The molecule has 0 spiro atoms. The zero-order valence-electron chi connectivity index (χ0n) is 13.7. The molecule has 1 heterocycles. The van der Waals surface area contributed by atoms with E-state index < -0.39 is 5.91 Å². The van der Waals surface area contributed by atoms with Crippen LogP contribution < -0.4 is 10.3 Å². The standard InChI is InChI=1S/C18H16Br2FN3O2/c19-13-8-12(9-14(20)17(13)25)18(26)23-22-10-11-3-4-16(15(21)7-11)24-5-1-2-6-24/h3-4,7-10,25H,1-2,5-6H2,(H,23,26)/b22-10-. The lowest BCUT2D eigenvalue weighted by molar-refractivity contribution is 0.0955. The fourth-order valence-corrected chi connectivity index (χ4v) is 3.93. The summed E-state index contributed by atoms with van der Waals surface area (Å²) in [5.74, 6) is -0.732. The van der Waals surface area contributed by atoms with E-state index in [1.54, 1.807) is 12.1 Å². The summed E-state index contributed by atoms with van der Waals surface area (Å²) in [6.45, 7) is 1.75. The molecule has 1 aliphatic heterocycles. The Morgan fingerprint density at radius 1 is 1.19 bits per heavy atom. The number of aromatic hydroxyl groups is 1. The Bertz CT molecular complexity index is 845. The molecule has 26 heavy (non-hydrogen) atoms. The van der Waals surface area contributed by atoms with Crippen molar-refractivity contribution in [3.63, 3.8) is 0 Å². The number of phenolic OH excluding ortho intramolecular Hbond substituents is 1. The van der Waals surface area contributed by atoms with Gasteiger partial charge in [0.2, 0.25) is 0 Å². The molecule has 0 aromatic heterocycles. The van der Waals surface area contributed by atoms with E-state index in [0.29, 0.717) is 25.8 Å². The summed E-state index contributed by atoms with van der Waals surface area (Å²) in [6, 6.07) is 7.86. The van der Waals surface area contributed by atoms with Gasteiger partial charge in [-0.05, 0) is 74.5 Å². The number of hydrogen-bond acceptors (Lipinski definition) is 4. The van der Waals surface area contributed by atoms with Crippen molar-refractivity contribution >= 4 is 49.7 Å². The minimum Gasteiger partial charge on any atom is -0.506 e. The average molecular weight is 485 g/mol. The number of hydrazone groups is 1. The van der Waals surface area contributed by atoms with Gasteiger partial charge < -0.3 is 10.0 Å².